The van der Waals surface area contributed by atoms with E-state index in [2.05, 4.69) is 6.58 Å². The highest BCUT2D eigenvalue weighted by atomic mass is 16.5. The summed E-state index contributed by atoms with van der Waals surface area (Å²) >= 11 is 0. The van der Waals surface area contributed by atoms with Crippen LogP contribution in [0.2, 0.25) is 0 Å². The normalized spacial score (nSPS) is 11.4. The number of benzene rings is 2. The molecule has 0 aromatic heterocycles. The maximum Gasteiger partial charge on any atom is 0.339 e. The quantitative estimate of drug-likeness (QED) is 0.444. The number of phenols is 2. The topological polar surface area (TPSA) is 104 Å². The molecule has 6 nitrogen and oxygen atoms in total. The summed E-state index contributed by atoms with van der Waals surface area (Å²) in [6.07, 6.45) is 1.54. The van der Waals surface area contributed by atoms with Gasteiger partial charge in [0.05, 0.1) is 0 Å². The van der Waals surface area contributed by atoms with Crippen molar-refractivity contribution in [1.29, 1.82) is 0 Å². The van der Waals surface area contributed by atoms with E-state index in [0.717, 1.165) is 0 Å². The van der Waals surface area contributed by atoms with Gasteiger partial charge in [-0.2, -0.15) is 0 Å². The summed E-state index contributed by atoms with van der Waals surface area (Å²) in [5.41, 5.74) is 1.14. The minimum absolute atomic E-state index is 0.0310. The molecule has 0 atom stereocenters. The van der Waals surface area contributed by atoms with Crippen molar-refractivity contribution in [3.8, 4) is 17.2 Å². The first-order chi connectivity index (χ1) is 11.6. The predicted molar refractivity (Wildman–Crippen MR) is 92.3 cm³/mol. The van der Waals surface area contributed by atoms with E-state index >= 15 is 0 Å². The van der Waals surface area contributed by atoms with Gasteiger partial charge in [0.15, 0.2) is 0 Å². The van der Waals surface area contributed by atoms with E-state index in [-0.39, 0.29) is 22.8 Å². The molecule has 0 saturated heterocycles. The first-order valence-electron chi connectivity index (χ1n) is 7.41. The number of aromatic carboxylic acids is 1. The molecule has 0 saturated carbocycles. The van der Waals surface area contributed by atoms with Gasteiger partial charge in [0.25, 0.3) is 0 Å². The van der Waals surface area contributed by atoms with Gasteiger partial charge in [-0.3, -0.25) is 4.79 Å². The number of esters is 1. The van der Waals surface area contributed by atoms with Crippen LogP contribution in [0.5, 0.6) is 17.2 Å². The van der Waals surface area contributed by atoms with Gasteiger partial charge < -0.3 is 20.1 Å². The second-order valence-electron chi connectivity index (χ2n) is 5.64. The summed E-state index contributed by atoms with van der Waals surface area (Å²) in [7, 11) is 0. The number of ether oxygens (including phenoxy) is 1. The van der Waals surface area contributed by atoms with Crippen LogP contribution < -0.4 is 15.2 Å². The van der Waals surface area contributed by atoms with Crippen LogP contribution in [0.15, 0.2) is 18.2 Å². The summed E-state index contributed by atoms with van der Waals surface area (Å²) in [4.78, 5) is 22.5. The van der Waals surface area contributed by atoms with E-state index in [1.165, 1.54) is 19.1 Å². The number of hydrogen-bond donors (Lipinski definition) is 3. The Labute approximate surface area is 143 Å². The Balaban J connectivity index is 2.71. The molecule has 0 unspecified atom stereocenters. The third-order valence-corrected chi connectivity index (χ3v) is 3.91. The first-order valence-corrected chi connectivity index (χ1v) is 7.41. The lowest BCUT2D eigenvalue weighted by molar-refractivity contribution is -0.131. The molecule has 0 bridgehead atoms. The van der Waals surface area contributed by atoms with E-state index in [4.69, 9.17) is 4.74 Å². The predicted octanol–water partition coefficient (Wildman–Crippen LogP) is 1.58. The summed E-state index contributed by atoms with van der Waals surface area (Å²) in [6, 6.07) is 4.24. The van der Waals surface area contributed by atoms with Gasteiger partial charge in [-0.05, 0) is 37.6 Å². The van der Waals surface area contributed by atoms with Gasteiger partial charge >= 0.3 is 11.9 Å². The van der Waals surface area contributed by atoms with Gasteiger partial charge in [-0.25, -0.2) is 4.79 Å². The molecule has 0 aliphatic heterocycles. The number of carboxylic acids is 1. The molecule has 0 fully saturated rings. The van der Waals surface area contributed by atoms with Crippen molar-refractivity contribution in [3.63, 3.8) is 0 Å². The van der Waals surface area contributed by atoms with E-state index in [9.17, 15) is 24.9 Å². The number of carboxylic acid groups (broad SMARTS) is 1. The van der Waals surface area contributed by atoms with Crippen LogP contribution in [0, 0.1) is 13.8 Å². The second-order valence-corrected chi connectivity index (χ2v) is 5.64. The van der Waals surface area contributed by atoms with Crippen molar-refractivity contribution in [1.82, 2.24) is 0 Å². The Morgan fingerprint density at radius 3 is 2.32 bits per heavy atom. The molecule has 2 aromatic rings. The van der Waals surface area contributed by atoms with Crippen molar-refractivity contribution >= 4 is 24.6 Å². The third-order valence-electron chi connectivity index (χ3n) is 3.91. The number of carbonyl (C=O) groups is 2. The zero-order valence-electron chi connectivity index (χ0n) is 14.1. The standard InChI is InChI=1S/C19H18O6/c1-9-10(2)18(22)14(11(3)17(9)21)7-13-5-6-16(25-12(4)20)15(8-13)19(23)24/h5-8,21-22H,1H2,2-4H3,(H,23,24). The Morgan fingerprint density at radius 2 is 1.76 bits per heavy atom. The minimum Gasteiger partial charge on any atom is -0.507 e. The Morgan fingerprint density at radius 1 is 1.12 bits per heavy atom. The molecule has 130 valence electrons. The average Bonchev–Trinajstić information content (AvgIpc) is 2.55. The molecule has 6 heteroatoms. The molecule has 0 amide bonds. The smallest absolute Gasteiger partial charge is 0.339 e. The monoisotopic (exact) mass is 342 g/mol. The van der Waals surface area contributed by atoms with Crippen LogP contribution >= 0.6 is 0 Å². The second kappa shape index (κ2) is 6.68. The van der Waals surface area contributed by atoms with Gasteiger partial charge in [-0.1, -0.05) is 12.6 Å². The van der Waals surface area contributed by atoms with Crippen molar-refractivity contribution < 1.29 is 29.6 Å². The summed E-state index contributed by atoms with van der Waals surface area (Å²) in [5, 5.41) is 30.4. The molecule has 0 aliphatic carbocycles. The number of carbonyl (C=O) groups excluding carboxylic acids is 1. The fourth-order valence-corrected chi connectivity index (χ4v) is 2.45. The molecule has 0 radical (unpaired) electrons. The maximum atomic E-state index is 11.4. The summed E-state index contributed by atoms with van der Waals surface area (Å²) in [6.45, 7) is 8.15. The molecular weight excluding hydrogens is 324 g/mol. The largest absolute Gasteiger partial charge is 0.507 e. The maximum absolute atomic E-state index is 11.4. The molecule has 0 spiro atoms. The van der Waals surface area contributed by atoms with Crippen LogP contribution in [-0.4, -0.2) is 27.3 Å². The zero-order chi connectivity index (χ0) is 18.9. The van der Waals surface area contributed by atoms with Gasteiger partial charge in [-0.15, -0.1) is 0 Å². The van der Waals surface area contributed by atoms with E-state index < -0.39 is 11.9 Å². The number of phenolic OH excluding ortho intramolecular Hbond substituents is 2. The van der Waals surface area contributed by atoms with E-state index in [1.807, 2.05) is 0 Å². The molecule has 0 aliphatic rings. The lowest BCUT2D eigenvalue weighted by Crippen LogP contribution is -2.17. The lowest BCUT2D eigenvalue weighted by Gasteiger charge is -2.09. The molecule has 25 heavy (non-hydrogen) atoms. The van der Waals surface area contributed by atoms with Crippen molar-refractivity contribution in [3.05, 3.63) is 50.9 Å². The highest BCUT2D eigenvalue weighted by Crippen LogP contribution is 2.22. The van der Waals surface area contributed by atoms with Gasteiger partial charge in [0.1, 0.15) is 22.8 Å². The Bertz CT molecular complexity index is 953. The van der Waals surface area contributed by atoms with Crippen molar-refractivity contribution in [2.45, 2.75) is 20.8 Å². The Hall–Kier alpha value is -3.28. The van der Waals surface area contributed by atoms with Gasteiger partial charge in [0, 0.05) is 28.5 Å². The zero-order valence-corrected chi connectivity index (χ0v) is 14.1. The first kappa shape index (κ1) is 18.1. The lowest BCUT2D eigenvalue weighted by atomic mass is 10.0. The molecule has 0 heterocycles. The van der Waals surface area contributed by atoms with Crippen LogP contribution in [0.25, 0.3) is 12.7 Å². The van der Waals surface area contributed by atoms with Crippen LogP contribution in [0.4, 0.5) is 0 Å². The highest BCUT2D eigenvalue weighted by Gasteiger charge is 2.14. The number of rotatable bonds is 3. The van der Waals surface area contributed by atoms with Crippen molar-refractivity contribution in [2.75, 3.05) is 0 Å². The fourth-order valence-electron chi connectivity index (χ4n) is 2.45. The fraction of sp³-hybridized carbons (Fsp3) is 0.158. The SMILES string of the molecule is C=c1c(C)c(O)c(=Cc2ccc(OC(C)=O)c(C(=O)O)c2)c(C)c1O. The van der Waals surface area contributed by atoms with Crippen LogP contribution in [0.3, 0.4) is 0 Å². The van der Waals surface area contributed by atoms with E-state index in [1.54, 1.807) is 26.0 Å². The van der Waals surface area contributed by atoms with E-state index in [0.29, 0.717) is 27.1 Å². The highest BCUT2D eigenvalue weighted by molar-refractivity contribution is 5.92. The third kappa shape index (κ3) is 3.47. The molecule has 2 rings (SSSR count). The summed E-state index contributed by atoms with van der Waals surface area (Å²) in [5.74, 6) is -2.01. The van der Waals surface area contributed by atoms with Crippen LogP contribution in [-0.2, 0) is 4.79 Å². The van der Waals surface area contributed by atoms with Crippen molar-refractivity contribution in [2.24, 2.45) is 0 Å². The number of aromatic hydroxyl groups is 2. The molecule has 3 N–H and O–H groups in total. The number of hydrogen-bond acceptors (Lipinski definition) is 5. The molecular formula is C19H18O6. The van der Waals surface area contributed by atoms with Crippen LogP contribution in [0.1, 0.15) is 34.0 Å². The minimum atomic E-state index is -1.25. The summed E-state index contributed by atoms with van der Waals surface area (Å²) < 4.78 is 4.88. The molecule has 2 aromatic carbocycles. The average molecular weight is 342 g/mol. The van der Waals surface area contributed by atoms with Gasteiger partial charge in [0.2, 0.25) is 0 Å². The Kier molecular flexibility index (Phi) is 4.83.